The third kappa shape index (κ3) is 5.59. The van der Waals surface area contributed by atoms with E-state index in [-0.39, 0.29) is 5.91 Å². The molecule has 0 aliphatic carbocycles. The van der Waals surface area contributed by atoms with E-state index >= 15 is 0 Å². The molecule has 0 atom stereocenters. The van der Waals surface area contributed by atoms with E-state index in [0.29, 0.717) is 11.5 Å². The molecule has 1 amide bonds. The van der Waals surface area contributed by atoms with Crippen LogP contribution in [0.1, 0.15) is 56.6 Å². The molecule has 0 spiro atoms. The summed E-state index contributed by atoms with van der Waals surface area (Å²) in [6.07, 6.45) is 2.86. The zero-order chi connectivity index (χ0) is 15.0. The number of carbonyl (C=O) groups is 1. The monoisotopic (exact) mass is 277 g/mol. The van der Waals surface area contributed by atoms with Crippen LogP contribution in [0.5, 0.6) is 0 Å². The summed E-state index contributed by atoms with van der Waals surface area (Å²) in [7, 11) is 0. The second kappa shape index (κ2) is 8.56. The minimum atomic E-state index is -0.0118. The summed E-state index contributed by atoms with van der Waals surface area (Å²) in [4.78, 5) is 16.6. The normalized spacial score (nSPS) is 10.7. The molecule has 0 unspecified atom stereocenters. The van der Waals surface area contributed by atoms with E-state index in [4.69, 9.17) is 0 Å². The summed E-state index contributed by atoms with van der Waals surface area (Å²) in [5.74, 6) is 1.38. The Balaban J connectivity index is 2.73. The predicted molar refractivity (Wildman–Crippen MR) is 84.2 cm³/mol. The maximum atomic E-state index is 12.2. The number of aromatic nitrogens is 1. The fourth-order valence-electron chi connectivity index (χ4n) is 1.82. The Morgan fingerprint density at radius 3 is 2.60 bits per heavy atom. The van der Waals surface area contributed by atoms with Crippen molar-refractivity contribution in [1.82, 2.24) is 10.3 Å². The van der Waals surface area contributed by atoms with Gasteiger partial charge in [-0.1, -0.05) is 27.7 Å². The molecule has 4 heteroatoms. The Morgan fingerprint density at radius 2 is 2.00 bits per heavy atom. The Kier molecular flexibility index (Phi) is 7.05. The number of rotatable bonds is 8. The standard InChI is InChI=1S/C16H27N3O/c1-5-8-17-15-11-13(10-14(6-2)19-15)16(20)18-9-7-12(3)4/h10-12H,5-9H2,1-4H3,(H,17,19)(H,18,20). The molecule has 1 rings (SSSR count). The minimum absolute atomic E-state index is 0.0118. The van der Waals surface area contributed by atoms with Crippen LogP contribution in [0.3, 0.4) is 0 Å². The molecular formula is C16H27N3O. The molecule has 0 radical (unpaired) electrons. The van der Waals surface area contributed by atoms with Crippen molar-refractivity contribution in [2.75, 3.05) is 18.4 Å². The summed E-state index contributed by atoms with van der Waals surface area (Å²) in [5.41, 5.74) is 1.64. The van der Waals surface area contributed by atoms with Gasteiger partial charge in [-0.05, 0) is 37.3 Å². The van der Waals surface area contributed by atoms with E-state index in [2.05, 4.69) is 36.4 Å². The van der Waals surface area contributed by atoms with Crippen molar-refractivity contribution < 1.29 is 4.79 Å². The Morgan fingerprint density at radius 1 is 1.25 bits per heavy atom. The van der Waals surface area contributed by atoms with Crippen LogP contribution in [-0.2, 0) is 6.42 Å². The highest BCUT2D eigenvalue weighted by molar-refractivity contribution is 5.95. The first kappa shape index (κ1) is 16.5. The molecule has 1 aromatic rings. The third-order valence-corrected chi connectivity index (χ3v) is 3.07. The molecular weight excluding hydrogens is 250 g/mol. The number of nitrogens with zero attached hydrogens (tertiary/aromatic N) is 1. The Bertz CT molecular complexity index is 430. The van der Waals surface area contributed by atoms with Crippen molar-refractivity contribution in [3.63, 3.8) is 0 Å². The van der Waals surface area contributed by atoms with Gasteiger partial charge < -0.3 is 10.6 Å². The van der Waals surface area contributed by atoms with Gasteiger partial charge in [0.05, 0.1) is 0 Å². The molecule has 4 nitrogen and oxygen atoms in total. The summed E-state index contributed by atoms with van der Waals surface area (Å²) in [6.45, 7) is 10.1. The number of hydrogen-bond donors (Lipinski definition) is 2. The van der Waals surface area contributed by atoms with Crippen LogP contribution >= 0.6 is 0 Å². The maximum absolute atomic E-state index is 12.2. The van der Waals surface area contributed by atoms with Crippen molar-refractivity contribution in [3.05, 3.63) is 23.4 Å². The topological polar surface area (TPSA) is 54.0 Å². The molecule has 0 saturated carbocycles. The van der Waals surface area contributed by atoms with Crippen LogP contribution < -0.4 is 10.6 Å². The molecule has 0 aliphatic heterocycles. The van der Waals surface area contributed by atoms with E-state index in [1.807, 2.05) is 19.1 Å². The lowest BCUT2D eigenvalue weighted by Crippen LogP contribution is -2.25. The summed E-state index contributed by atoms with van der Waals surface area (Å²) in [5, 5.41) is 6.22. The maximum Gasteiger partial charge on any atom is 0.251 e. The van der Waals surface area contributed by atoms with Crippen molar-refractivity contribution in [1.29, 1.82) is 0 Å². The molecule has 20 heavy (non-hydrogen) atoms. The average Bonchev–Trinajstić information content (AvgIpc) is 2.44. The fraction of sp³-hybridized carbons (Fsp3) is 0.625. The second-order valence-electron chi connectivity index (χ2n) is 5.45. The van der Waals surface area contributed by atoms with E-state index in [1.165, 1.54) is 0 Å². The van der Waals surface area contributed by atoms with Gasteiger partial charge in [0.2, 0.25) is 0 Å². The molecule has 0 saturated heterocycles. The number of amides is 1. The largest absolute Gasteiger partial charge is 0.370 e. The number of pyridine rings is 1. The zero-order valence-electron chi connectivity index (χ0n) is 13.1. The van der Waals surface area contributed by atoms with Gasteiger partial charge in [-0.15, -0.1) is 0 Å². The molecule has 0 bridgehead atoms. The number of aryl methyl sites for hydroxylation is 1. The highest BCUT2D eigenvalue weighted by Gasteiger charge is 2.09. The number of anilines is 1. The molecule has 0 aliphatic rings. The quantitative estimate of drug-likeness (QED) is 0.767. The Hall–Kier alpha value is -1.58. The molecule has 1 aromatic heterocycles. The van der Waals surface area contributed by atoms with E-state index in [0.717, 1.165) is 43.9 Å². The van der Waals surface area contributed by atoms with E-state index < -0.39 is 0 Å². The van der Waals surface area contributed by atoms with Crippen molar-refractivity contribution in [2.45, 2.75) is 47.0 Å². The van der Waals surface area contributed by atoms with Gasteiger partial charge in [-0.2, -0.15) is 0 Å². The van der Waals surface area contributed by atoms with Crippen LogP contribution in [0.4, 0.5) is 5.82 Å². The lowest BCUT2D eigenvalue weighted by atomic mass is 10.1. The molecule has 2 N–H and O–H groups in total. The third-order valence-electron chi connectivity index (χ3n) is 3.07. The van der Waals surface area contributed by atoms with Crippen LogP contribution in [0.25, 0.3) is 0 Å². The number of hydrogen-bond acceptors (Lipinski definition) is 3. The number of carbonyl (C=O) groups excluding carboxylic acids is 1. The lowest BCUT2D eigenvalue weighted by Gasteiger charge is -2.11. The van der Waals surface area contributed by atoms with Crippen LogP contribution in [0, 0.1) is 5.92 Å². The molecule has 1 heterocycles. The zero-order valence-corrected chi connectivity index (χ0v) is 13.1. The number of nitrogens with one attached hydrogen (secondary N) is 2. The Labute approximate surface area is 122 Å². The van der Waals surface area contributed by atoms with Crippen molar-refractivity contribution >= 4 is 11.7 Å². The minimum Gasteiger partial charge on any atom is -0.370 e. The van der Waals surface area contributed by atoms with Gasteiger partial charge in [0.15, 0.2) is 0 Å². The van der Waals surface area contributed by atoms with E-state index in [1.54, 1.807) is 0 Å². The SMILES string of the molecule is CCCNc1cc(C(=O)NCCC(C)C)cc(CC)n1. The highest BCUT2D eigenvalue weighted by atomic mass is 16.1. The van der Waals surface area contributed by atoms with Gasteiger partial charge in [-0.3, -0.25) is 4.79 Å². The summed E-state index contributed by atoms with van der Waals surface area (Å²) >= 11 is 0. The molecule has 0 aromatic carbocycles. The van der Waals surface area contributed by atoms with Gasteiger partial charge in [0.1, 0.15) is 5.82 Å². The average molecular weight is 277 g/mol. The molecule has 0 fully saturated rings. The van der Waals surface area contributed by atoms with Crippen molar-refractivity contribution in [2.24, 2.45) is 5.92 Å². The summed E-state index contributed by atoms with van der Waals surface area (Å²) < 4.78 is 0. The second-order valence-corrected chi connectivity index (χ2v) is 5.45. The first-order chi connectivity index (χ1) is 9.56. The first-order valence-electron chi connectivity index (χ1n) is 7.59. The van der Waals surface area contributed by atoms with Gasteiger partial charge >= 0.3 is 0 Å². The van der Waals surface area contributed by atoms with Crippen LogP contribution in [0.15, 0.2) is 12.1 Å². The fourth-order valence-corrected chi connectivity index (χ4v) is 1.82. The van der Waals surface area contributed by atoms with Crippen molar-refractivity contribution in [3.8, 4) is 0 Å². The van der Waals surface area contributed by atoms with Gasteiger partial charge in [0, 0.05) is 24.3 Å². The lowest BCUT2D eigenvalue weighted by molar-refractivity contribution is 0.0952. The summed E-state index contributed by atoms with van der Waals surface area (Å²) in [6, 6.07) is 3.71. The van der Waals surface area contributed by atoms with Gasteiger partial charge in [-0.25, -0.2) is 4.98 Å². The van der Waals surface area contributed by atoms with Gasteiger partial charge in [0.25, 0.3) is 5.91 Å². The highest BCUT2D eigenvalue weighted by Crippen LogP contribution is 2.11. The molecule has 112 valence electrons. The smallest absolute Gasteiger partial charge is 0.251 e. The van der Waals surface area contributed by atoms with E-state index in [9.17, 15) is 4.79 Å². The predicted octanol–water partition coefficient (Wildman–Crippen LogP) is 3.24. The van der Waals surface area contributed by atoms with Crippen LogP contribution in [0.2, 0.25) is 0 Å². The van der Waals surface area contributed by atoms with Crippen LogP contribution in [-0.4, -0.2) is 24.0 Å². The first-order valence-corrected chi connectivity index (χ1v) is 7.59.